The molecular weight excluding hydrogens is 164 g/mol. The van der Waals surface area contributed by atoms with Crippen molar-refractivity contribution in [1.82, 2.24) is 0 Å². The van der Waals surface area contributed by atoms with Crippen molar-refractivity contribution in [2.45, 2.75) is 46.5 Å². The van der Waals surface area contributed by atoms with Gasteiger partial charge in [-0.15, -0.1) is 0 Å². The Bertz CT molecular complexity index is 91.0. The zero-order chi connectivity index (χ0) is 9.40. The zero-order valence-corrected chi connectivity index (χ0v) is 10.0. The topological polar surface area (TPSA) is 0 Å². The molecule has 0 aliphatic carbocycles. The minimum absolute atomic E-state index is 0.690. The Labute approximate surface area is 81.5 Å². The first kappa shape index (κ1) is 12.3. The van der Waals surface area contributed by atoms with Gasteiger partial charge in [0, 0.05) is 5.92 Å². The van der Waals surface area contributed by atoms with Gasteiger partial charge in [-0.05, 0) is 30.7 Å². The van der Waals surface area contributed by atoms with E-state index >= 15 is 0 Å². The van der Waals surface area contributed by atoms with Crippen LogP contribution in [0.3, 0.4) is 0 Å². The molecule has 0 saturated carbocycles. The standard InChI is InChI=1S/C11H25S/c1-5-8-9-11(6-2)10-12(4)7-3/h11H,5-10H2,1-4H3/q+1. The lowest BCUT2D eigenvalue weighted by Crippen LogP contribution is -2.16. The fraction of sp³-hybridized carbons (Fsp3) is 1.00. The maximum atomic E-state index is 2.41. The van der Waals surface area contributed by atoms with E-state index in [1.54, 1.807) is 0 Å². The first-order chi connectivity index (χ1) is 5.74. The molecule has 2 unspecified atom stereocenters. The molecule has 0 aromatic rings. The van der Waals surface area contributed by atoms with E-state index in [2.05, 4.69) is 27.0 Å². The third-order valence-electron chi connectivity index (χ3n) is 2.56. The quantitative estimate of drug-likeness (QED) is 0.538. The lowest BCUT2D eigenvalue weighted by molar-refractivity contribution is 0.498. The summed E-state index contributed by atoms with van der Waals surface area (Å²) in [6.07, 6.45) is 8.05. The van der Waals surface area contributed by atoms with Gasteiger partial charge in [-0.1, -0.05) is 26.7 Å². The van der Waals surface area contributed by atoms with Crippen molar-refractivity contribution in [1.29, 1.82) is 0 Å². The molecule has 0 spiro atoms. The predicted molar refractivity (Wildman–Crippen MR) is 62.0 cm³/mol. The number of rotatable bonds is 7. The molecule has 12 heavy (non-hydrogen) atoms. The Morgan fingerprint density at radius 3 is 2.25 bits per heavy atom. The van der Waals surface area contributed by atoms with Gasteiger partial charge in [-0.25, -0.2) is 0 Å². The van der Waals surface area contributed by atoms with E-state index in [0.29, 0.717) is 10.9 Å². The molecule has 74 valence electrons. The van der Waals surface area contributed by atoms with Crippen LogP contribution in [0, 0.1) is 5.92 Å². The van der Waals surface area contributed by atoms with E-state index < -0.39 is 0 Å². The minimum atomic E-state index is 0.690. The third-order valence-corrected chi connectivity index (χ3v) is 4.58. The summed E-state index contributed by atoms with van der Waals surface area (Å²) in [5.74, 6) is 3.87. The van der Waals surface area contributed by atoms with Gasteiger partial charge >= 0.3 is 0 Å². The molecule has 0 N–H and O–H groups in total. The first-order valence-corrected chi connectivity index (χ1v) is 7.30. The van der Waals surface area contributed by atoms with Crippen molar-refractivity contribution < 1.29 is 0 Å². The smallest absolute Gasteiger partial charge is 0.0654 e. The minimum Gasteiger partial charge on any atom is -0.0654 e. The molecule has 0 radical (unpaired) electrons. The monoisotopic (exact) mass is 189 g/mol. The van der Waals surface area contributed by atoms with Crippen LogP contribution >= 0.6 is 0 Å². The van der Waals surface area contributed by atoms with Gasteiger partial charge < -0.3 is 0 Å². The highest BCUT2D eigenvalue weighted by Crippen LogP contribution is 2.15. The van der Waals surface area contributed by atoms with Crippen LogP contribution in [0.1, 0.15) is 46.5 Å². The molecule has 0 amide bonds. The summed E-state index contributed by atoms with van der Waals surface area (Å²) < 4.78 is 0. The summed E-state index contributed by atoms with van der Waals surface area (Å²) in [7, 11) is 0.690. The van der Waals surface area contributed by atoms with E-state index in [0.717, 1.165) is 5.92 Å². The molecule has 0 saturated heterocycles. The van der Waals surface area contributed by atoms with Crippen LogP contribution in [-0.2, 0) is 10.9 Å². The molecule has 2 atom stereocenters. The highest BCUT2D eigenvalue weighted by atomic mass is 32.2. The Balaban J connectivity index is 3.51. The Hall–Kier alpha value is 0.350. The second kappa shape index (κ2) is 7.97. The van der Waals surface area contributed by atoms with E-state index in [1.165, 1.54) is 37.2 Å². The molecule has 0 rings (SSSR count). The van der Waals surface area contributed by atoms with Crippen molar-refractivity contribution in [3.63, 3.8) is 0 Å². The highest BCUT2D eigenvalue weighted by Gasteiger charge is 2.15. The number of hydrogen-bond donors (Lipinski definition) is 0. The Morgan fingerprint density at radius 1 is 1.17 bits per heavy atom. The van der Waals surface area contributed by atoms with E-state index in [-0.39, 0.29) is 0 Å². The summed E-state index contributed by atoms with van der Waals surface area (Å²) in [4.78, 5) is 0. The normalized spacial score (nSPS) is 16.0. The SMILES string of the molecule is CCCCC(CC)C[S+](C)CC. The Morgan fingerprint density at radius 2 is 1.83 bits per heavy atom. The fourth-order valence-corrected chi connectivity index (χ4v) is 2.86. The molecule has 0 fully saturated rings. The maximum absolute atomic E-state index is 2.41. The van der Waals surface area contributed by atoms with Crippen LogP contribution in [0.25, 0.3) is 0 Å². The largest absolute Gasteiger partial charge is 0.110 e. The van der Waals surface area contributed by atoms with Gasteiger partial charge in [0.15, 0.2) is 0 Å². The molecule has 0 aliphatic rings. The molecule has 0 bridgehead atoms. The second-order valence-electron chi connectivity index (χ2n) is 3.65. The van der Waals surface area contributed by atoms with Gasteiger partial charge in [-0.3, -0.25) is 0 Å². The van der Waals surface area contributed by atoms with Crippen LogP contribution in [-0.4, -0.2) is 17.8 Å². The highest BCUT2D eigenvalue weighted by molar-refractivity contribution is 7.96. The first-order valence-electron chi connectivity index (χ1n) is 5.33. The van der Waals surface area contributed by atoms with Crippen LogP contribution < -0.4 is 0 Å². The van der Waals surface area contributed by atoms with Gasteiger partial charge in [0.05, 0.1) is 6.26 Å². The van der Waals surface area contributed by atoms with Crippen molar-refractivity contribution in [2.24, 2.45) is 5.92 Å². The average Bonchev–Trinajstić information content (AvgIpc) is 2.11. The lowest BCUT2D eigenvalue weighted by atomic mass is 10.0. The molecule has 1 heteroatoms. The number of hydrogen-bond acceptors (Lipinski definition) is 0. The summed E-state index contributed by atoms with van der Waals surface area (Å²) in [5.41, 5.74) is 0. The van der Waals surface area contributed by atoms with Gasteiger partial charge in [-0.2, -0.15) is 0 Å². The second-order valence-corrected chi connectivity index (χ2v) is 6.13. The van der Waals surface area contributed by atoms with Crippen molar-refractivity contribution in [3.8, 4) is 0 Å². The molecule has 0 aliphatic heterocycles. The van der Waals surface area contributed by atoms with Crippen LogP contribution in [0.2, 0.25) is 0 Å². The number of unbranched alkanes of at least 4 members (excludes halogenated alkanes) is 1. The van der Waals surface area contributed by atoms with Gasteiger partial charge in [0.2, 0.25) is 0 Å². The maximum Gasteiger partial charge on any atom is 0.110 e. The van der Waals surface area contributed by atoms with E-state index in [9.17, 15) is 0 Å². The third kappa shape index (κ3) is 5.93. The zero-order valence-electron chi connectivity index (χ0n) is 9.23. The van der Waals surface area contributed by atoms with E-state index in [4.69, 9.17) is 0 Å². The van der Waals surface area contributed by atoms with E-state index in [1.807, 2.05) is 0 Å². The molecule has 0 aromatic heterocycles. The Kier molecular flexibility index (Phi) is 8.20. The van der Waals surface area contributed by atoms with Crippen LogP contribution in [0.4, 0.5) is 0 Å². The average molecular weight is 189 g/mol. The molecule has 0 heterocycles. The van der Waals surface area contributed by atoms with Crippen molar-refractivity contribution in [3.05, 3.63) is 0 Å². The van der Waals surface area contributed by atoms with Crippen molar-refractivity contribution >= 4 is 10.9 Å². The molecular formula is C11H25S+. The molecule has 0 nitrogen and oxygen atoms in total. The van der Waals surface area contributed by atoms with Crippen molar-refractivity contribution in [2.75, 3.05) is 17.8 Å². The summed E-state index contributed by atoms with van der Waals surface area (Å²) in [6, 6.07) is 0. The molecule has 0 aromatic carbocycles. The summed E-state index contributed by atoms with van der Waals surface area (Å²) >= 11 is 0. The fourth-order valence-electron chi connectivity index (χ4n) is 1.42. The summed E-state index contributed by atoms with van der Waals surface area (Å²) in [5, 5.41) is 0. The van der Waals surface area contributed by atoms with Crippen LogP contribution in [0.5, 0.6) is 0 Å². The predicted octanol–water partition coefficient (Wildman–Crippen LogP) is 3.47. The van der Waals surface area contributed by atoms with Crippen LogP contribution in [0.15, 0.2) is 0 Å². The van der Waals surface area contributed by atoms with Gasteiger partial charge in [0.1, 0.15) is 11.5 Å². The summed E-state index contributed by atoms with van der Waals surface area (Å²) in [6.45, 7) is 6.95. The van der Waals surface area contributed by atoms with Gasteiger partial charge in [0.25, 0.3) is 0 Å². The lowest BCUT2D eigenvalue weighted by Gasteiger charge is -2.12.